The van der Waals surface area contributed by atoms with Crippen molar-refractivity contribution >= 4 is 5.69 Å². The standard InChI is InChI=1S/C15H23FN2/c1-10-6-7-18(11(2)8-10)15-5-4-13(12(3)17)9-14(15)16/h4-5,9-12H,6-8,17H2,1-3H3/t10?,11?,12-/m0/s1. The summed E-state index contributed by atoms with van der Waals surface area (Å²) in [7, 11) is 0. The average Bonchev–Trinajstić information content (AvgIpc) is 2.30. The molecule has 0 aliphatic carbocycles. The van der Waals surface area contributed by atoms with Crippen LogP contribution in [-0.2, 0) is 0 Å². The average molecular weight is 250 g/mol. The molecule has 2 nitrogen and oxygen atoms in total. The molecule has 1 aromatic rings. The van der Waals surface area contributed by atoms with Gasteiger partial charge in [-0.1, -0.05) is 13.0 Å². The summed E-state index contributed by atoms with van der Waals surface area (Å²) in [5.41, 5.74) is 7.35. The molecule has 1 aliphatic rings. The number of anilines is 1. The monoisotopic (exact) mass is 250 g/mol. The molecule has 2 N–H and O–H groups in total. The molecule has 3 heteroatoms. The Kier molecular flexibility index (Phi) is 3.91. The van der Waals surface area contributed by atoms with Gasteiger partial charge in [0.05, 0.1) is 5.69 Å². The van der Waals surface area contributed by atoms with E-state index in [9.17, 15) is 4.39 Å². The zero-order valence-corrected chi connectivity index (χ0v) is 11.5. The molecule has 1 saturated heterocycles. The van der Waals surface area contributed by atoms with Crippen LogP contribution in [0, 0.1) is 11.7 Å². The van der Waals surface area contributed by atoms with Crippen LogP contribution in [0.4, 0.5) is 10.1 Å². The SMILES string of the molecule is CC1CCN(c2ccc([C@H](C)N)cc2F)C(C)C1. The third-order valence-corrected chi connectivity index (χ3v) is 3.95. The third-order valence-electron chi connectivity index (χ3n) is 3.95. The summed E-state index contributed by atoms with van der Waals surface area (Å²) in [5, 5.41) is 0. The maximum absolute atomic E-state index is 14.2. The molecule has 2 rings (SSSR count). The summed E-state index contributed by atoms with van der Waals surface area (Å²) < 4.78 is 14.2. The summed E-state index contributed by atoms with van der Waals surface area (Å²) in [6.07, 6.45) is 2.27. The Morgan fingerprint density at radius 1 is 1.39 bits per heavy atom. The maximum Gasteiger partial charge on any atom is 0.146 e. The lowest BCUT2D eigenvalue weighted by Gasteiger charge is -2.38. The number of piperidine rings is 1. The first-order valence-electron chi connectivity index (χ1n) is 6.80. The van der Waals surface area contributed by atoms with Gasteiger partial charge in [-0.05, 0) is 50.3 Å². The van der Waals surface area contributed by atoms with Gasteiger partial charge >= 0.3 is 0 Å². The first-order valence-corrected chi connectivity index (χ1v) is 6.80. The Morgan fingerprint density at radius 3 is 2.67 bits per heavy atom. The van der Waals surface area contributed by atoms with E-state index < -0.39 is 0 Å². The van der Waals surface area contributed by atoms with Crippen molar-refractivity contribution in [2.75, 3.05) is 11.4 Å². The number of hydrogen-bond donors (Lipinski definition) is 1. The van der Waals surface area contributed by atoms with Gasteiger partial charge in [-0.25, -0.2) is 4.39 Å². The molecule has 0 radical (unpaired) electrons. The van der Waals surface area contributed by atoms with Crippen LogP contribution in [0.3, 0.4) is 0 Å². The number of halogens is 1. The Bertz CT molecular complexity index is 417. The van der Waals surface area contributed by atoms with E-state index in [0.717, 1.165) is 36.6 Å². The molecular formula is C15H23FN2. The molecule has 0 saturated carbocycles. The van der Waals surface area contributed by atoms with Crippen molar-refractivity contribution in [1.29, 1.82) is 0 Å². The van der Waals surface area contributed by atoms with Gasteiger partial charge in [0.25, 0.3) is 0 Å². The number of nitrogens with two attached hydrogens (primary N) is 1. The first-order chi connectivity index (χ1) is 8.49. The Morgan fingerprint density at radius 2 is 2.11 bits per heavy atom. The summed E-state index contributed by atoms with van der Waals surface area (Å²) in [6, 6.07) is 5.68. The van der Waals surface area contributed by atoms with Gasteiger partial charge in [0.15, 0.2) is 0 Å². The first kappa shape index (κ1) is 13.3. The predicted octanol–water partition coefficient (Wildman–Crippen LogP) is 3.47. The fraction of sp³-hybridized carbons (Fsp3) is 0.600. The van der Waals surface area contributed by atoms with E-state index in [4.69, 9.17) is 5.73 Å². The lowest BCUT2D eigenvalue weighted by Crippen LogP contribution is -2.40. The van der Waals surface area contributed by atoms with E-state index in [2.05, 4.69) is 18.7 Å². The number of hydrogen-bond acceptors (Lipinski definition) is 2. The van der Waals surface area contributed by atoms with Gasteiger partial charge < -0.3 is 10.6 Å². The van der Waals surface area contributed by atoms with Gasteiger partial charge in [-0.2, -0.15) is 0 Å². The van der Waals surface area contributed by atoms with Crippen molar-refractivity contribution in [2.45, 2.75) is 45.7 Å². The Hall–Kier alpha value is -1.09. The molecule has 100 valence electrons. The molecule has 2 unspecified atom stereocenters. The van der Waals surface area contributed by atoms with E-state index in [1.54, 1.807) is 6.07 Å². The number of nitrogens with zero attached hydrogens (tertiary/aromatic N) is 1. The zero-order valence-electron chi connectivity index (χ0n) is 11.5. The van der Waals surface area contributed by atoms with Crippen LogP contribution in [0.15, 0.2) is 18.2 Å². The minimum Gasteiger partial charge on any atom is -0.366 e. The van der Waals surface area contributed by atoms with Gasteiger partial charge in [-0.3, -0.25) is 0 Å². The zero-order chi connectivity index (χ0) is 13.3. The molecule has 0 amide bonds. The quantitative estimate of drug-likeness (QED) is 0.871. The van der Waals surface area contributed by atoms with Crippen LogP contribution >= 0.6 is 0 Å². The summed E-state index contributed by atoms with van der Waals surface area (Å²) in [4.78, 5) is 2.18. The van der Waals surface area contributed by atoms with E-state index in [0.29, 0.717) is 6.04 Å². The van der Waals surface area contributed by atoms with Crippen molar-refractivity contribution in [3.63, 3.8) is 0 Å². The second-order valence-corrected chi connectivity index (χ2v) is 5.67. The summed E-state index contributed by atoms with van der Waals surface area (Å²) >= 11 is 0. The molecule has 1 aliphatic heterocycles. The highest BCUT2D eigenvalue weighted by Crippen LogP contribution is 2.30. The molecule has 0 bridgehead atoms. The molecule has 18 heavy (non-hydrogen) atoms. The van der Waals surface area contributed by atoms with Crippen LogP contribution in [0.5, 0.6) is 0 Å². The van der Waals surface area contributed by atoms with Crippen molar-refractivity contribution in [3.8, 4) is 0 Å². The highest BCUT2D eigenvalue weighted by atomic mass is 19.1. The van der Waals surface area contributed by atoms with E-state index in [1.165, 1.54) is 0 Å². The number of rotatable bonds is 2. The van der Waals surface area contributed by atoms with Crippen molar-refractivity contribution < 1.29 is 4.39 Å². The summed E-state index contributed by atoms with van der Waals surface area (Å²) in [6.45, 7) is 7.26. The van der Waals surface area contributed by atoms with Gasteiger partial charge in [0.1, 0.15) is 5.82 Å². The normalized spacial score (nSPS) is 26.2. The van der Waals surface area contributed by atoms with E-state index >= 15 is 0 Å². The van der Waals surface area contributed by atoms with Gasteiger partial charge in [0, 0.05) is 18.6 Å². The highest BCUT2D eigenvalue weighted by Gasteiger charge is 2.25. The molecular weight excluding hydrogens is 227 g/mol. The van der Waals surface area contributed by atoms with Crippen LogP contribution in [0.1, 0.15) is 45.2 Å². The Balaban J connectivity index is 2.23. The maximum atomic E-state index is 14.2. The molecule has 1 aromatic carbocycles. The molecule has 0 spiro atoms. The Labute approximate surface area is 109 Å². The topological polar surface area (TPSA) is 29.3 Å². The van der Waals surface area contributed by atoms with Crippen molar-refractivity contribution in [3.05, 3.63) is 29.6 Å². The minimum absolute atomic E-state index is 0.118. The van der Waals surface area contributed by atoms with Crippen molar-refractivity contribution in [2.24, 2.45) is 11.7 Å². The second-order valence-electron chi connectivity index (χ2n) is 5.67. The molecule has 1 heterocycles. The largest absolute Gasteiger partial charge is 0.366 e. The van der Waals surface area contributed by atoms with Crippen LogP contribution < -0.4 is 10.6 Å². The predicted molar refractivity (Wildman–Crippen MR) is 74.2 cm³/mol. The minimum atomic E-state index is -0.147. The van der Waals surface area contributed by atoms with Crippen molar-refractivity contribution in [1.82, 2.24) is 0 Å². The van der Waals surface area contributed by atoms with Crippen LogP contribution in [0.2, 0.25) is 0 Å². The smallest absolute Gasteiger partial charge is 0.146 e. The van der Waals surface area contributed by atoms with Crippen LogP contribution in [-0.4, -0.2) is 12.6 Å². The second kappa shape index (κ2) is 5.27. The summed E-state index contributed by atoms with van der Waals surface area (Å²) in [5.74, 6) is 0.592. The van der Waals surface area contributed by atoms with Crippen LogP contribution in [0.25, 0.3) is 0 Å². The third kappa shape index (κ3) is 2.66. The fourth-order valence-electron chi connectivity index (χ4n) is 2.80. The van der Waals surface area contributed by atoms with Gasteiger partial charge in [0.2, 0.25) is 0 Å². The van der Waals surface area contributed by atoms with E-state index in [1.807, 2.05) is 19.1 Å². The highest BCUT2D eigenvalue weighted by molar-refractivity contribution is 5.50. The fourth-order valence-corrected chi connectivity index (χ4v) is 2.80. The van der Waals surface area contributed by atoms with Gasteiger partial charge in [-0.15, -0.1) is 0 Å². The molecule has 3 atom stereocenters. The van der Waals surface area contributed by atoms with E-state index in [-0.39, 0.29) is 11.9 Å². The number of benzene rings is 1. The lowest BCUT2D eigenvalue weighted by atomic mass is 9.92. The molecule has 1 fully saturated rings. The lowest BCUT2D eigenvalue weighted by molar-refractivity contribution is 0.374. The molecule has 0 aromatic heterocycles.